The van der Waals surface area contributed by atoms with Crippen molar-refractivity contribution < 1.29 is 4.42 Å². The first kappa shape index (κ1) is 8.02. The zero-order valence-electron chi connectivity index (χ0n) is 6.25. The first-order chi connectivity index (χ1) is 5.81. The summed E-state index contributed by atoms with van der Waals surface area (Å²) in [4.78, 5) is 0. The normalized spacial score (nSPS) is 10.8. The molecule has 2 rings (SSSR count). The van der Waals surface area contributed by atoms with Crippen LogP contribution >= 0.6 is 24.2 Å². The molecule has 2 aromatic rings. The average molecular weight is 199 g/mol. The third-order valence-electron chi connectivity index (χ3n) is 1.79. The molecule has 0 saturated heterocycles. The highest BCUT2D eigenvalue weighted by Crippen LogP contribution is 2.25. The van der Waals surface area contributed by atoms with Crippen molar-refractivity contribution in [3.8, 4) is 0 Å². The van der Waals surface area contributed by atoms with Crippen molar-refractivity contribution in [1.82, 2.24) is 0 Å². The lowest BCUT2D eigenvalue weighted by Crippen LogP contribution is -1.72. The largest absolute Gasteiger partial charge is 0.464 e. The first-order valence-electron chi connectivity index (χ1n) is 3.58. The fourth-order valence-electron chi connectivity index (χ4n) is 1.18. The van der Waals surface area contributed by atoms with E-state index in [1.54, 1.807) is 6.26 Å². The van der Waals surface area contributed by atoms with Crippen molar-refractivity contribution in [3.63, 3.8) is 0 Å². The molecule has 0 atom stereocenters. The van der Waals surface area contributed by atoms with Crippen LogP contribution < -0.4 is 0 Å². The summed E-state index contributed by atoms with van der Waals surface area (Å²) in [7, 11) is 0. The maximum Gasteiger partial charge on any atom is 0.135 e. The molecule has 12 heavy (non-hydrogen) atoms. The van der Waals surface area contributed by atoms with Crippen LogP contribution in [0.5, 0.6) is 0 Å². The second-order valence-electron chi connectivity index (χ2n) is 2.56. The molecular formula is C9H7ClOS. The van der Waals surface area contributed by atoms with Gasteiger partial charge in [-0.3, -0.25) is 0 Å². The van der Waals surface area contributed by atoms with Crippen LogP contribution in [0.2, 0.25) is 5.02 Å². The van der Waals surface area contributed by atoms with Gasteiger partial charge < -0.3 is 4.42 Å². The molecule has 0 aliphatic carbocycles. The molecule has 0 bridgehead atoms. The Balaban J connectivity index is 2.73. The van der Waals surface area contributed by atoms with Gasteiger partial charge in [-0.1, -0.05) is 11.6 Å². The van der Waals surface area contributed by atoms with Crippen molar-refractivity contribution in [2.75, 3.05) is 0 Å². The maximum atomic E-state index is 5.79. The van der Waals surface area contributed by atoms with E-state index in [4.69, 9.17) is 16.0 Å². The van der Waals surface area contributed by atoms with Gasteiger partial charge in [-0.15, -0.1) is 0 Å². The zero-order chi connectivity index (χ0) is 8.55. The Labute approximate surface area is 80.7 Å². The number of rotatable bonds is 1. The van der Waals surface area contributed by atoms with Gasteiger partial charge in [0, 0.05) is 21.7 Å². The van der Waals surface area contributed by atoms with E-state index in [0.29, 0.717) is 10.8 Å². The summed E-state index contributed by atoms with van der Waals surface area (Å²) in [6.07, 6.45) is 1.72. The molecule has 0 unspecified atom stereocenters. The maximum absolute atomic E-state index is 5.79. The van der Waals surface area contributed by atoms with Crippen molar-refractivity contribution >= 4 is 35.2 Å². The van der Waals surface area contributed by atoms with Crippen molar-refractivity contribution in [2.45, 2.75) is 5.75 Å². The Kier molecular flexibility index (Phi) is 2.03. The standard InChI is InChI=1S/C9H7ClOS/c10-7-1-2-8-6(5-12)4-11-9(8)3-7/h1-4,12H,5H2. The SMILES string of the molecule is SCc1coc2cc(Cl)ccc12. The molecule has 0 radical (unpaired) electrons. The van der Waals surface area contributed by atoms with E-state index in [0.717, 1.165) is 16.5 Å². The van der Waals surface area contributed by atoms with E-state index in [-0.39, 0.29) is 0 Å². The number of furan rings is 1. The Bertz CT molecular complexity index is 408. The topological polar surface area (TPSA) is 13.1 Å². The molecule has 62 valence electrons. The fraction of sp³-hybridized carbons (Fsp3) is 0.111. The smallest absolute Gasteiger partial charge is 0.135 e. The summed E-state index contributed by atoms with van der Waals surface area (Å²) in [6.45, 7) is 0. The molecule has 3 heteroatoms. The van der Waals surface area contributed by atoms with Crippen LogP contribution in [0.3, 0.4) is 0 Å². The van der Waals surface area contributed by atoms with Gasteiger partial charge >= 0.3 is 0 Å². The number of halogens is 1. The predicted molar refractivity (Wildman–Crippen MR) is 53.9 cm³/mol. The van der Waals surface area contributed by atoms with E-state index >= 15 is 0 Å². The summed E-state index contributed by atoms with van der Waals surface area (Å²) in [5, 5.41) is 1.79. The summed E-state index contributed by atoms with van der Waals surface area (Å²) in [5.41, 5.74) is 1.93. The second-order valence-corrected chi connectivity index (χ2v) is 3.31. The minimum absolute atomic E-state index is 0.689. The third-order valence-corrected chi connectivity index (χ3v) is 2.36. The van der Waals surface area contributed by atoms with Gasteiger partial charge in [-0.05, 0) is 18.2 Å². The summed E-state index contributed by atoms with van der Waals surface area (Å²) in [5.74, 6) is 0.689. The molecule has 0 saturated carbocycles. The molecule has 1 aromatic heterocycles. The molecule has 0 amide bonds. The van der Waals surface area contributed by atoms with Crippen LogP contribution in [0.4, 0.5) is 0 Å². The van der Waals surface area contributed by atoms with Gasteiger partial charge in [0.1, 0.15) is 5.58 Å². The lowest BCUT2D eigenvalue weighted by Gasteiger charge is -1.91. The molecule has 1 heterocycles. The highest BCUT2D eigenvalue weighted by atomic mass is 35.5. The number of benzene rings is 1. The van der Waals surface area contributed by atoms with Crippen LogP contribution in [-0.2, 0) is 5.75 Å². The summed E-state index contributed by atoms with van der Waals surface area (Å²) in [6, 6.07) is 5.61. The molecule has 0 spiro atoms. The summed E-state index contributed by atoms with van der Waals surface area (Å²) >= 11 is 9.98. The Morgan fingerprint density at radius 3 is 3.00 bits per heavy atom. The number of hydrogen-bond acceptors (Lipinski definition) is 2. The van der Waals surface area contributed by atoms with E-state index in [9.17, 15) is 0 Å². The van der Waals surface area contributed by atoms with Crippen LogP contribution in [-0.4, -0.2) is 0 Å². The van der Waals surface area contributed by atoms with Crippen LogP contribution in [0.15, 0.2) is 28.9 Å². The van der Waals surface area contributed by atoms with E-state index in [2.05, 4.69) is 12.6 Å². The first-order valence-corrected chi connectivity index (χ1v) is 4.59. The zero-order valence-corrected chi connectivity index (χ0v) is 7.90. The minimum atomic E-state index is 0.689. The molecule has 0 aliphatic heterocycles. The lowest BCUT2D eigenvalue weighted by molar-refractivity contribution is 0.613. The highest BCUT2D eigenvalue weighted by molar-refractivity contribution is 7.79. The summed E-state index contributed by atoms with van der Waals surface area (Å²) < 4.78 is 5.29. The van der Waals surface area contributed by atoms with E-state index in [1.165, 1.54) is 0 Å². The van der Waals surface area contributed by atoms with Crippen molar-refractivity contribution in [2.24, 2.45) is 0 Å². The van der Waals surface area contributed by atoms with Gasteiger partial charge in [0.25, 0.3) is 0 Å². The Hall–Kier alpha value is -0.600. The van der Waals surface area contributed by atoms with Gasteiger partial charge in [-0.2, -0.15) is 12.6 Å². The molecule has 0 N–H and O–H groups in total. The Morgan fingerprint density at radius 2 is 2.25 bits per heavy atom. The predicted octanol–water partition coefficient (Wildman–Crippen LogP) is 3.52. The van der Waals surface area contributed by atoms with E-state index < -0.39 is 0 Å². The second kappa shape index (κ2) is 3.04. The van der Waals surface area contributed by atoms with Crippen molar-refractivity contribution in [3.05, 3.63) is 35.0 Å². The van der Waals surface area contributed by atoms with Crippen LogP contribution in [0.1, 0.15) is 5.56 Å². The lowest BCUT2D eigenvalue weighted by atomic mass is 10.2. The molecule has 0 fully saturated rings. The van der Waals surface area contributed by atoms with Crippen LogP contribution in [0.25, 0.3) is 11.0 Å². The number of fused-ring (bicyclic) bond motifs is 1. The molecular weight excluding hydrogens is 192 g/mol. The Morgan fingerprint density at radius 1 is 1.42 bits per heavy atom. The number of hydrogen-bond donors (Lipinski definition) is 1. The van der Waals surface area contributed by atoms with Crippen LogP contribution in [0, 0.1) is 0 Å². The van der Waals surface area contributed by atoms with Gasteiger partial charge in [0.2, 0.25) is 0 Å². The molecule has 0 aliphatic rings. The fourth-order valence-corrected chi connectivity index (χ4v) is 1.59. The quantitative estimate of drug-likeness (QED) is 0.692. The monoisotopic (exact) mass is 198 g/mol. The van der Waals surface area contributed by atoms with Gasteiger partial charge in [-0.25, -0.2) is 0 Å². The number of thiol groups is 1. The van der Waals surface area contributed by atoms with E-state index in [1.807, 2.05) is 18.2 Å². The molecule has 1 nitrogen and oxygen atoms in total. The molecule has 1 aromatic carbocycles. The van der Waals surface area contributed by atoms with Crippen molar-refractivity contribution in [1.29, 1.82) is 0 Å². The highest BCUT2D eigenvalue weighted by Gasteiger charge is 2.03. The van der Waals surface area contributed by atoms with Gasteiger partial charge in [0.05, 0.1) is 6.26 Å². The average Bonchev–Trinajstić information content (AvgIpc) is 2.46. The third kappa shape index (κ3) is 1.21. The minimum Gasteiger partial charge on any atom is -0.464 e. The van der Waals surface area contributed by atoms with Gasteiger partial charge in [0.15, 0.2) is 0 Å².